The van der Waals surface area contributed by atoms with Crippen LogP contribution in [0.15, 0.2) is 22.7 Å². The fourth-order valence-corrected chi connectivity index (χ4v) is 3.31. The van der Waals surface area contributed by atoms with E-state index in [1.54, 1.807) is 0 Å². The Labute approximate surface area is 122 Å². The van der Waals surface area contributed by atoms with Gasteiger partial charge in [-0.3, -0.25) is 4.90 Å². The molecule has 0 spiro atoms. The SMILES string of the molecule is Cc1c(CN2CCNCC2)n(C)c2cc(Br)ccc12. The zero-order chi connectivity index (χ0) is 13.4. The molecule has 3 nitrogen and oxygen atoms in total. The zero-order valence-electron chi connectivity index (χ0n) is 11.5. The fourth-order valence-electron chi connectivity index (χ4n) is 2.96. The highest BCUT2D eigenvalue weighted by molar-refractivity contribution is 9.10. The molecule has 0 aliphatic carbocycles. The minimum Gasteiger partial charge on any atom is -0.346 e. The van der Waals surface area contributed by atoms with Crippen LogP contribution in [0.5, 0.6) is 0 Å². The summed E-state index contributed by atoms with van der Waals surface area (Å²) in [7, 11) is 2.18. The predicted octanol–water partition coefficient (Wildman–Crippen LogP) is 2.65. The van der Waals surface area contributed by atoms with Crippen LogP contribution in [0.25, 0.3) is 10.9 Å². The summed E-state index contributed by atoms with van der Waals surface area (Å²) < 4.78 is 3.49. The van der Waals surface area contributed by atoms with Gasteiger partial charge in [0.25, 0.3) is 0 Å². The number of rotatable bonds is 2. The predicted molar refractivity (Wildman–Crippen MR) is 83.5 cm³/mol. The van der Waals surface area contributed by atoms with Crippen LogP contribution in [0.1, 0.15) is 11.3 Å². The molecule has 0 atom stereocenters. The zero-order valence-corrected chi connectivity index (χ0v) is 13.1. The molecule has 1 aromatic heterocycles. The maximum absolute atomic E-state index is 3.57. The van der Waals surface area contributed by atoms with E-state index in [0.717, 1.165) is 37.2 Å². The van der Waals surface area contributed by atoms with Gasteiger partial charge in [0.15, 0.2) is 0 Å². The van der Waals surface area contributed by atoms with E-state index in [9.17, 15) is 0 Å². The van der Waals surface area contributed by atoms with E-state index in [1.165, 1.54) is 22.2 Å². The van der Waals surface area contributed by atoms with E-state index < -0.39 is 0 Å². The maximum atomic E-state index is 3.57. The highest BCUT2D eigenvalue weighted by Gasteiger charge is 2.16. The average Bonchev–Trinajstić information content (AvgIpc) is 2.65. The Hall–Kier alpha value is -0.840. The lowest BCUT2D eigenvalue weighted by Gasteiger charge is -2.27. The molecule has 1 fully saturated rings. The smallest absolute Gasteiger partial charge is 0.0494 e. The van der Waals surface area contributed by atoms with Gasteiger partial charge in [-0.1, -0.05) is 22.0 Å². The highest BCUT2D eigenvalue weighted by atomic mass is 79.9. The van der Waals surface area contributed by atoms with Crippen molar-refractivity contribution < 1.29 is 0 Å². The van der Waals surface area contributed by atoms with Crippen molar-refractivity contribution in [3.05, 3.63) is 33.9 Å². The van der Waals surface area contributed by atoms with E-state index in [2.05, 4.69) is 62.9 Å². The molecule has 19 heavy (non-hydrogen) atoms. The standard InChI is InChI=1S/C15H20BrN3/c1-11-13-4-3-12(16)9-14(13)18(2)15(11)10-19-7-5-17-6-8-19/h3-4,9,17H,5-8,10H2,1-2H3. The van der Waals surface area contributed by atoms with Crippen molar-refractivity contribution >= 4 is 26.8 Å². The fraction of sp³-hybridized carbons (Fsp3) is 0.467. The number of nitrogens with zero attached hydrogens (tertiary/aromatic N) is 2. The quantitative estimate of drug-likeness (QED) is 0.917. The second-order valence-corrected chi connectivity index (χ2v) is 6.23. The third-order valence-electron chi connectivity index (χ3n) is 4.15. The molecular weight excluding hydrogens is 302 g/mol. The number of hydrogen-bond donors (Lipinski definition) is 1. The van der Waals surface area contributed by atoms with Crippen molar-refractivity contribution in [2.75, 3.05) is 26.2 Å². The van der Waals surface area contributed by atoms with Crippen molar-refractivity contribution in [3.8, 4) is 0 Å². The van der Waals surface area contributed by atoms with Crippen molar-refractivity contribution in [1.29, 1.82) is 0 Å². The summed E-state index contributed by atoms with van der Waals surface area (Å²) in [5.74, 6) is 0. The lowest BCUT2D eigenvalue weighted by molar-refractivity contribution is 0.228. The molecule has 102 valence electrons. The van der Waals surface area contributed by atoms with Gasteiger partial charge in [0.05, 0.1) is 0 Å². The molecule has 1 saturated heterocycles. The summed E-state index contributed by atoms with van der Waals surface area (Å²) in [4.78, 5) is 2.53. The summed E-state index contributed by atoms with van der Waals surface area (Å²) in [6, 6.07) is 6.56. The second-order valence-electron chi connectivity index (χ2n) is 5.32. The summed E-state index contributed by atoms with van der Waals surface area (Å²) in [6.45, 7) is 7.79. The average molecular weight is 322 g/mol. The second kappa shape index (κ2) is 5.27. The van der Waals surface area contributed by atoms with Crippen LogP contribution in [-0.2, 0) is 13.6 Å². The molecule has 0 radical (unpaired) electrons. The van der Waals surface area contributed by atoms with Crippen molar-refractivity contribution in [2.45, 2.75) is 13.5 Å². The molecule has 0 saturated carbocycles. The largest absolute Gasteiger partial charge is 0.346 e. The number of benzene rings is 1. The van der Waals surface area contributed by atoms with Gasteiger partial charge in [-0.05, 0) is 24.6 Å². The number of aromatic nitrogens is 1. The summed E-state index contributed by atoms with van der Waals surface area (Å²) in [5.41, 5.74) is 4.18. The minimum atomic E-state index is 1.05. The summed E-state index contributed by atoms with van der Waals surface area (Å²) >= 11 is 3.57. The third-order valence-corrected chi connectivity index (χ3v) is 4.64. The molecule has 1 aromatic carbocycles. The van der Waals surface area contributed by atoms with E-state index in [4.69, 9.17) is 0 Å². The van der Waals surface area contributed by atoms with Crippen LogP contribution in [-0.4, -0.2) is 35.6 Å². The summed E-state index contributed by atoms with van der Waals surface area (Å²) in [5, 5.41) is 4.78. The van der Waals surface area contributed by atoms with E-state index in [-0.39, 0.29) is 0 Å². The number of aryl methyl sites for hydroxylation is 2. The Bertz CT molecular complexity index is 597. The topological polar surface area (TPSA) is 20.2 Å². The summed E-state index contributed by atoms with van der Waals surface area (Å²) in [6.07, 6.45) is 0. The van der Waals surface area contributed by atoms with E-state index in [1.807, 2.05) is 0 Å². The third kappa shape index (κ3) is 2.45. The minimum absolute atomic E-state index is 1.05. The first kappa shape index (κ1) is 13.2. The lowest BCUT2D eigenvalue weighted by atomic mass is 10.1. The molecule has 2 heterocycles. The van der Waals surface area contributed by atoms with Gasteiger partial charge in [0.2, 0.25) is 0 Å². The van der Waals surface area contributed by atoms with Gasteiger partial charge in [0, 0.05) is 60.8 Å². The lowest BCUT2D eigenvalue weighted by Crippen LogP contribution is -2.43. The van der Waals surface area contributed by atoms with Gasteiger partial charge >= 0.3 is 0 Å². The van der Waals surface area contributed by atoms with Crippen molar-refractivity contribution in [2.24, 2.45) is 7.05 Å². The van der Waals surface area contributed by atoms with E-state index >= 15 is 0 Å². The maximum Gasteiger partial charge on any atom is 0.0494 e. The van der Waals surface area contributed by atoms with Crippen LogP contribution in [0, 0.1) is 6.92 Å². The van der Waals surface area contributed by atoms with Gasteiger partial charge < -0.3 is 9.88 Å². The number of halogens is 1. The number of hydrogen-bond acceptors (Lipinski definition) is 2. The van der Waals surface area contributed by atoms with Crippen LogP contribution < -0.4 is 5.32 Å². The Kier molecular flexibility index (Phi) is 3.65. The monoisotopic (exact) mass is 321 g/mol. The van der Waals surface area contributed by atoms with Crippen LogP contribution in [0.3, 0.4) is 0 Å². The van der Waals surface area contributed by atoms with Crippen molar-refractivity contribution in [1.82, 2.24) is 14.8 Å². The van der Waals surface area contributed by atoms with Crippen molar-refractivity contribution in [3.63, 3.8) is 0 Å². The molecule has 0 bridgehead atoms. The molecular formula is C15H20BrN3. The Morgan fingerprint density at radius 1 is 1.26 bits per heavy atom. The van der Waals surface area contributed by atoms with Gasteiger partial charge in [0.1, 0.15) is 0 Å². The van der Waals surface area contributed by atoms with Crippen LogP contribution in [0.4, 0.5) is 0 Å². The first-order chi connectivity index (χ1) is 9.16. The molecule has 3 rings (SSSR count). The Morgan fingerprint density at radius 2 is 2.00 bits per heavy atom. The Balaban J connectivity index is 1.98. The molecule has 4 heteroatoms. The first-order valence-corrected chi connectivity index (χ1v) is 7.62. The molecule has 0 unspecified atom stereocenters. The molecule has 2 aromatic rings. The van der Waals surface area contributed by atoms with Gasteiger partial charge in [-0.2, -0.15) is 0 Å². The number of fused-ring (bicyclic) bond motifs is 1. The Morgan fingerprint density at radius 3 is 2.74 bits per heavy atom. The molecule has 1 N–H and O–H groups in total. The van der Waals surface area contributed by atoms with Gasteiger partial charge in [-0.15, -0.1) is 0 Å². The van der Waals surface area contributed by atoms with Crippen LogP contribution >= 0.6 is 15.9 Å². The first-order valence-electron chi connectivity index (χ1n) is 6.83. The number of nitrogens with one attached hydrogen (secondary N) is 1. The van der Waals surface area contributed by atoms with Crippen LogP contribution in [0.2, 0.25) is 0 Å². The normalized spacial score (nSPS) is 17.2. The molecule has 1 aliphatic heterocycles. The molecule has 0 amide bonds. The number of piperazine rings is 1. The van der Waals surface area contributed by atoms with E-state index in [0.29, 0.717) is 0 Å². The van der Waals surface area contributed by atoms with Gasteiger partial charge in [-0.25, -0.2) is 0 Å². The molecule has 1 aliphatic rings. The highest BCUT2D eigenvalue weighted by Crippen LogP contribution is 2.28.